The minimum Gasteiger partial charge on any atom is -0.352 e. The molecule has 2 fully saturated rings. The van der Waals surface area contributed by atoms with Crippen molar-refractivity contribution in [2.75, 3.05) is 31.9 Å². The van der Waals surface area contributed by atoms with Gasteiger partial charge in [0.25, 0.3) is 5.24 Å². The monoisotopic (exact) mass is 411 g/mol. The molecule has 7 nitrogen and oxygen atoms in total. The van der Waals surface area contributed by atoms with Crippen LogP contribution < -0.4 is 5.32 Å². The first-order chi connectivity index (χ1) is 13.0. The molecule has 3 rings (SSSR count). The number of piperidine rings is 1. The first-order valence-corrected chi connectivity index (χ1v) is 11.7. The third-order valence-corrected chi connectivity index (χ3v) is 7.62. The van der Waals surface area contributed by atoms with Crippen LogP contribution >= 0.6 is 11.8 Å². The van der Waals surface area contributed by atoms with Gasteiger partial charge in [-0.25, -0.2) is 8.42 Å². The molecule has 2 saturated heterocycles. The predicted octanol–water partition coefficient (Wildman–Crippen LogP) is 2.04. The van der Waals surface area contributed by atoms with Gasteiger partial charge in [-0.15, -0.1) is 0 Å². The highest BCUT2D eigenvalue weighted by atomic mass is 32.2. The van der Waals surface area contributed by atoms with Gasteiger partial charge in [0.05, 0.1) is 4.90 Å². The standard InChI is InChI=1S/C18H25N3O4S2/c22-17(8-11-20-12-13-26-18(20)23)19-14-15-4-6-16(7-5-15)27(24,25)21-9-2-1-3-10-21/h4-7H,1-3,8-14H2,(H,19,22). The lowest BCUT2D eigenvalue weighted by Crippen LogP contribution is -2.35. The van der Waals surface area contributed by atoms with E-state index in [0.717, 1.165) is 30.6 Å². The number of sulfonamides is 1. The maximum atomic E-state index is 12.6. The lowest BCUT2D eigenvalue weighted by molar-refractivity contribution is -0.121. The number of carbonyl (C=O) groups is 2. The van der Waals surface area contributed by atoms with Crippen LogP contribution in [0, 0.1) is 0 Å². The third-order valence-electron chi connectivity index (χ3n) is 4.82. The van der Waals surface area contributed by atoms with Crippen LogP contribution in [0.3, 0.4) is 0 Å². The van der Waals surface area contributed by atoms with E-state index in [1.165, 1.54) is 11.8 Å². The fourth-order valence-electron chi connectivity index (χ4n) is 3.19. The van der Waals surface area contributed by atoms with Gasteiger partial charge in [0, 0.05) is 44.9 Å². The fourth-order valence-corrected chi connectivity index (χ4v) is 5.56. The number of thioether (sulfide) groups is 1. The Hall–Kier alpha value is -1.58. The minimum absolute atomic E-state index is 0.0355. The van der Waals surface area contributed by atoms with E-state index in [9.17, 15) is 18.0 Å². The number of hydrogen-bond acceptors (Lipinski definition) is 5. The molecule has 148 valence electrons. The number of hydrogen-bond donors (Lipinski definition) is 1. The van der Waals surface area contributed by atoms with Crippen LogP contribution in [-0.2, 0) is 21.4 Å². The summed E-state index contributed by atoms with van der Waals surface area (Å²) < 4.78 is 26.8. The number of benzene rings is 1. The van der Waals surface area contributed by atoms with Crippen LogP contribution in [0.2, 0.25) is 0 Å². The van der Waals surface area contributed by atoms with Crippen molar-refractivity contribution < 1.29 is 18.0 Å². The summed E-state index contributed by atoms with van der Waals surface area (Å²) in [6.45, 7) is 2.64. The molecule has 0 aromatic heterocycles. The Morgan fingerprint density at radius 2 is 1.78 bits per heavy atom. The van der Waals surface area contributed by atoms with E-state index in [1.54, 1.807) is 33.5 Å². The molecule has 2 aliphatic heterocycles. The smallest absolute Gasteiger partial charge is 0.281 e. The number of nitrogens with one attached hydrogen (secondary N) is 1. The van der Waals surface area contributed by atoms with Gasteiger partial charge in [-0.3, -0.25) is 9.59 Å². The second-order valence-electron chi connectivity index (χ2n) is 6.74. The summed E-state index contributed by atoms with van der Waals surface area (Å²) in [6.07, 6.45) is 3.17. The molecule has 27 heavy (non-hydrogen) atoms. The Morgan fingerprint density at radius 1 is 1.07 bits per heavy atom. The maximum absolute atomic E-state index is 12.6. The summed E-state index contributed by atoms with van der Waals surface area (Å²) >= 11 is 1.28. The van der Waals surface area contributed by atoms with E-state index >= 15 is 0 Å². The molecular weight excluding hydrogens is 386 g/mol. The zero-order chi connectivity index (χ0) is 19.3. The van der Waals surface area contributed by atoms with E-state index < -0.39 is 10.0 Å². The van der Waals surface area contributed by atoms with E-state index in [4.69, 9.17) is 0 Å². The first kappa shape index (κ1) is 20.2. The van der Waals surface area contributed by atoms with Crippen molar-refractivity contribution in [1.29, 1.82) is 0 Å². The second-order valence-corrected chi connectivity index (χ2v) is 9.72. The maximum Gasteiger partial charge on any atom is 0.281 e. The Bertz CT molecular complexity index is 774. The predicted molar refractivity (Wildman–Crippen MR) is 105 cm³/mol. The Kier molecular flexibility index (Phi) is 6.78. The number of rotatable bonds is 7. The van der Waals surface area contributed by atoms with Crippen molar-refractivity contribution in [3.63, 3.8) is 0 Å². The molecule has 1 aromatic rings. The first-order valence-electron chi connectivity index (χ1n) is 9.24. The summed E-state index contributed by atoms with van der Waals surface area (Å²) in [4.78, 5) is 25.4. The Balaban J connectivity index is 1.48. The Labute approximate surface area is 164 Å². The van der Waals surface area contributed by atoms with Gasteiger partial charge >= 0.3 is 0 Å². The molecule has 0 unspecified atom stereocenters. The molecule has 2 heterocycles. The van der Waals surface area contributed by atoms with Crippen molar-refractivity contribution in [3.8, 4) is 0 Å². The van der Waals surface area contributed by atoms with Crippen molar-refractivity contribution in [3.05, 3.63) is 29.8 Å². The summed E-state index contributed by atoms with van der Waals surface area (Å²) in [5.41, 5.74) is 0.841. The van der Waals surface area contributed by atoms with Gasteiger partial charge in [-0.1, -0.05) is 30.3 Å². The largest absolute Gasteiger partial charge is 0.352 e. The van der Waals surface area contributed by atoms with Crippen LogP contribution in [0.15, 0.2) is 29.2 Å². The number of amides is 2. The zero-order valence-corrected chi connectivity index (χ0v) is 16.9. The van der Waals surface area contributed by atoms with Gasteiger partial charge in [0.1, 0.15) is 0 Å². The zero-order valence-electron chi connectivity index (χ0n) is 15.2. The molecule has 2 aliphatic rings. The molecule has 0 radical (unpaired) electrons. The van der Waals surface area contributed by atoms with Crippen LogP contribution in [0.4, 0.5) is 4.79 Å². The lowest BCUT2D eigenvalue weighted by Gasteiger charge is -2.25. The molecule has 0 atom stereocenters. The average molecular weight is 412 g/mol. The molecule has 0 saturated carbocycles. The van der Waals surface area contributed by atoms with Gasteiger partial charge < -0.3 is 10.2 Å². The van der Waals surface area contributed by atoms with E-state index in [0.29, 0.717) is 37.6 Å². The highest BCUT2D eigenvalue weighted by Crippen LogP contribution is 2.21. The van der Waals surface area contributed by atoms with Crippen LogP contribution in [0.5, 0.6) is 0 Å². The molecule has 2 amide bonds. The van der Waals surface area contributed by atoms with Gasteiger partial charge in [-0.05, 0) is 30.5 Å². The summed E-state index contributed by atoms with van der Waals surface area (Å²) in [5, 5.41) is 2.85. The third kappa shape index (κ3) is 5.24. The van der Waals surface area contributed by atoms with Crippen LogP contribution in [0.1, 0.15) is 31.2 Å². The molecule has 1 aromatic carbocycles. The van der Waals surface area contributed by atoms with Crippen molar-refractivity contribution in [2.45, 2.75) is 37.1 Å². The average Bonchev–Trinajstić information content (AvgIpc) is 3.10. The van der Waals surface area contributed by atoms with Crippen molar-refractivity contribution >= 4 is 32.9 Å². The molecule has 0 aliphatic carbocycles. The minimum atomic E-state index is -3.43. The van der Waals surface area contributed by atoms with E-state index in [-0.39, 0.29) is 17.6 Å². The SMILES string of the molecule is O=C(CCN1CCSC1=O)NCc1ccc(S(=O)(=O)N2CCCCC2)cc1. The normalized spacial score (nSPS) is 18.7. The Morgan fingerprint density at radius 3 is 2.41 bits per heavy atom. The molecule has 1 N–H and O–H groups in total. The van der Waals surface area contributed by atoms with Crippen molar-refractivity contribution in [1.82, 2.24) is 14.5 Å². The highest BCUT2D eigenvalue weighted by Gasteiger charge is 2.25. The highest BCUT2D eigenvalue weighted by molar-refractivity contribution is 8.13. The number of carbonyl (C=O) groups excluding carboxylic acids is 2. The van der Waals surface area contributed by atoms with Gasteiger partial charge in [-0.2, -0.15) is 4.31 Å². The van der Waals surface area contributed by atoms with Crippen LogP contribution in [-0.4, -0.2) is 60.7 Å². The summed E-state index contributed by atoms with van der Waals surface area (Å²) in [6, 6.07) is 6.67. The molecular formula is C18H25N3O4S2. The van der Waals surface area contributed by atoms with Crippen molar-refractivity contribution in [2.24, 2.45) is 0 Å². The van der Waals surface area contributed by atoms with Gasteiger partial charge in [0.2, 0.25) is 15.9 Å². The summed E-state index contributed by atoms with van der Waals surface area (Å²) in [7, 11) is -3.43. The van der Waals surface area contributed by atoms with Crippen LogP contribution in [0.25, 0.3) is 0 Å². The molecule has 0 bridgehead atoms. The van der Waals surface area contributed by atoms with E-state index in [1.807, 2.05) is 0 Å². The molecule has 9 heteroatoms. The quantitative estimate of drug-likeness (QED) is 0.742. The van der Waals surface area contributed by atoms with E-state index in [2.05, 4.69) is 5.32 Å². The number of nitrogens with zero attached hydrogens (tertiary/aromatic N) is 2. The fraction of sp³-hybridized carbons (Fsp3) is 0.556. The summed E-state index contributed by atoms with van der Waals surface area (Å²) in [5.74, 6) is 0.664. The lowest BCUT2D eigenvalue weighted by atomic mass is 10.2. The second kappa shape index (κ2) is 9.07. The topological polar surface area (TPSA) is 86.8 Å². The molecule has 0 spiro atoms. The van der Waals surface area contributed by atoms with Gasteiger partial charge in [0.15, 0.2) is 0 Å².